The van der Waals surface area contributed by atoms with Gasteiger partial charge in [0.05, 0.1) is 11.3 Å². The number of carboxylic acids is 1. The van der Waals surface area contributed by atoms with E-state index in [-0.39, 0.29) is 0 Å². The van der Waals surface area contributed by atoms with E-state index in [9.17, 15) is 9.90 Å². The summed E-state index contributed by atoms with van der Waals surface area (Å²) < 4.78 is 0. The Morgan fingerprint density at radius 1 is 1.47 bits per heavy atom. The third kappa shape index (κ3) is 3.47. The second-order valence-corrected chi connectivity index (χ2v) is 5.55. The van der Waals surface area contributed by atoms with Crippen molar-refractivity contribution in [2.24, 2.45) is 5.92 Å². The predicted octanol–water partition coefficient (Wildman–Crippen LogP) is 2.21. The number of piperazine rings is 1. The van der Waals surface area contributed by atoms with E-state index in [1.54, 1.807) is 12.1 Å². The molecule has 0 bridgehead atoms. The van der Waals surface area contributed by atoms with Crippen molar-refractivity contribution < 1.29 is 9.90 Å². The van der Waals surface area contributed by atoms with Gasteiger partial charge in [0.2, 0.25) is 0 Å². The summed E-state index contributed by atoms with van der Waals surface area (Å²) in [6.45, 7) is 7.07. The van der Waals surface area contributed by atoms with Gasteiger partial charge in [-0.2, -0.15) is 0 Å². The SMILES string of the molecule is CC(C)CC1CN(c2ccccc2C(=O)O)CCN1. The molecular weight excluding hydrogens is 240 g/mol. The monoisotopic (exact) mass is 262 g/mol. The van der Waals surface area contributed by atoms with E-state index in [1.165, 1.54) is 0 Å². The van der Waals surface area contributed by atoms with Gasteiger partial charge in [0.15, 0.2) is 0 Å². The molecule has 1 aromatic carbocycles. The van der Waals surface area contributed by atoms with Gasteiger partial charge in [0.1, 0.15) is 0 Å². The number of nitrogens with one attached hydrogen (secondary N) is 1. The highest BCUT2D eigenvalue weighted by Crippen LogP contribution is 2.22. The lowest BCUT2D eigenvalue weighted by atomic mass is 10.0. The molecular formula is C15H22N2O2. The summed E-state index contributed by atoms with van der Waals surface area (Å²) in [6, 6.07) is 7.70. The van der Waals surface area contributed by atoms with E-state index >= 15 is 0 Å². The molecule has 0 aliphatic carbocycles. The molecule has 0 amide bonds. The molecule has 1 aliphatic heterocycles. The molecule has 1 aliphatic rings. The zero-order chi connectivity index (χ0) is 13.8. The summed E-state index contributed by atoms with van der Waals surface area (Å²) in [4.78, 5) is 13.5. The summed E-state index contributed by atoms with van der Waals surface area (Å²) in [5.41, 5.74) is 1.23. The average molecular weight is 262 g/mol. The maximum absolute atomic E-state index is 11.3. The highest BCUT2D eigenvalue weighted by molar-refractivity contribution is 5.94. The minimum Gasteiger partial charge on any atom is -0.478 e. The molecule has 0 spiro atoms. The lowest BCUT2D eigenvalue weighted by molar-refractivity contribution is 0.0697. The van der Waals surface area contributed by atoms with E-state index in [0.717, 1.165) is 31.7 Å². The van der Waals surface area contributed by atoms with E-state index in [1.807, 2.05) is 12.1 Å². The molecule has 1 heterocycles. The Labute approximate surface area is 114 Å². The van der Waals surface area contributed by atoms with Crippen molar-refractivity contribution in [1.82, 2.24) is 5.32 Å². The van der Waals surface area contributed by atoms with Crippen LogP contribution in [-0.4, -0.2) is 36.8 Å². The lowest BCUT2D eigenvalue weighted by Crippen LogP contribution is -2.51. The maximum Gasteiger partial charge on any atom is 0.337 e. The van der Waals surface area contributed by atoms with Crippen LogP contribution in [-0.2, 0) is 0 Å². The van der Waals surface area contributed by atoms with E-state index in [0.29, 0.717) is 17.5 Å². The third-order valence-corrected chi connectivity index (χ3v) is 3.49. The molecule has 19 heavy (non-hydrogen) atoms. The number of carboxylic acid groups (broad SMARTS) is 1. The molecule has 1 saturated heterocycles. The van der Waals surface area contributed by atoms with Crippen molar-refractivity contribution in [2.75, 3.05) is 24.5 Å². The first-order chi connectivity index (χ1) is 9.08. The first-order valence-corrected chi connectivity index (χ1v) is 6.88. The van der Waals surface area contributed by atoms with Crippen molar-refractivity contribution >= 4 is 11.7 Å². The van der Waals surface area contributed by atoms with Crippen LogP contribution < -0.4 is 10.2 Å². The molecule has 0 saturated carbocycles. The molecule has 4 heteroatoms. The van der Waals surface area contributed by atoms with Gasteiger partial charge in [0.25, 0.3) is 0 Å². The van der Waals surface area contributed by atoms with Gasteiger partial charge in [-0.1, -0.05) is 26.0 Å². The van der Waals surface area contributed by atoms with Crippen LogP contribution in [0, 0.1) is 5.92 Å². The number of aromatic carboxylic acids is 1. The van der Waals surface area contributed by atoms with Crippen LogP contribution in [0.25, 0.3) is 0 Å². The predicted molar refractivity (Wildman–Crippen MR) is 76.9 cm³/mol. The molecule has 0 aromatic heterocycles. The Kier molecular flexibility index (Phi) is 4.43. The number of nitrogens with zero attached hydrogens (tertiary/aromatic N) is 1. The zero-order valence-corrected chi connectivity index (χ0v) is 11.6. The number of carbonyl (C=O) groups is 1. The first kappa shape index (κ1) is 13.9. The van der Waals surface area contributed by atoms with E-state index < -0.39 is 5.97 Å². The Bertz CT molecular complexity index is 446. The Hall–Kier alpha value is -1.55. The van der Waals surface area contributed by atoms with Crippen molar-refractivity contribution in [1.29, 1.82) is 0 Å². The van der Waals surface area contributed by atoms with Gasteiger partial charge < -0.3 is 15.3 Å². The number of anilines is 1. The summed E-state index contributed by atoms with van der Waals surface area (Å²) >= 11 is 0. The second kappa shape index (κ2) is 6.06. The number of benzene rings is 1. The fourth-order valence-electron chi connectivity index (χ4n) is 2.70. The van der Waals surface area contributed by atoms with E-state index in [2.05, 4.69) is 24.1 Å². The third-order valence-electron chi connectivity index (χ3n) is 3.49. The highest BCUT2D eigenvalue weighted by atomic mass is 16.4. The van der Waals surface area contributed by atoms with Gasteiger partial charge in [-0.3, -0.25) is 0 Å². The van der Waals surface area contributed by atoms with Gasteiger partial charge in [-0.05, 0) is 24.5 Å². The topological polar surface area (TPSA) is 52.6 Å². The largest absolute Gasteiger partial charge is 0.478 e. The summed E-state index contributed by atoms with van der Waals surface area (Å²) in [7, 11) is 0. The first-order valence-electron chi connectivity index (χ1n) is 6.88. The van der Waals surface area contributed by atoms with Gasteiger partial charge >= 0.3 is 5.97 Å². The van der Waals surface area contributed by atoms with Crippen molar-refractivity contribution in [3.8, 4) is 0 Å². The molecule has 1 unspecified atom stereocenters. The van der Waals surface area contributed by atoms with E-state index in [4.69, 9.17) is 0 Å². The van der Waals surface area contributed by atoms with Crippen molar-refractivity contribution in [3.05, 3.63) is 29.8 Å². The minimum absolute atomic E-state index is 0.396. The fraction of sp³-hybridized carbons (Fsp3) is 0.533. The average Bonchev–Trinajstić information content (AvgIpc) is 2.38. The Morgan fingerprint density at radius 3 is 2.89 bits per heavy atom. The molecule has 1 aromatic rings. The van der Waals surface area contributed by atoms with Crippen LogP contribution in [0.15, 0.2) is 24.3 Å². The lowest BCUT2D eigenvalue weighted by Gasteiger charge is -2.36. The number of rotatable bonds is 4. The molecule has 1 atom stereocenters. The van der Waals surface area contributed by atoms with Gasteiger partial charge in [0, 0.05) is 25.7 Å². The van der Waals surface area contributed by atoms with Crippen LogP contribution in [0.3, 0.4) is 0 Å². The molecule has 1 fully saturated rings. The standard InChI is InChI=1S/C15H22N2O2/c1-11(2)9-12-10-17(8-7-16-12)14-6-4-3-5-13(14)15(18)19/h3-6,11-12,16H,7-10H2,1-2H3,(H,18,19). The molecule has 2 N–H and O–H groups in total. The fourth-order valence-corrected chi connectivity index (χ4v) is 2.70. The summed E-state index contributed by atoms with van der Waals surface area (Å²) in [5, 5.41) is 12.8. The van der Waals surface area contributed by atoms with Crippen LogP contribution >= 0.6 is 0 Å². The normalized spacial score (nSPS) is 19.7. The van der Waals surface area contributed by atoms with Crippen molar-refractivity contribution in [2.45, 2.75) is 26.3 Å². The van der Waals surface area contributed by atoms with Gasteiger partial charge in [-0.15, -0.1) is 0 Å². The van der Waals surface area contributed by atoms with Crippen LogP contribution in [0.1, 0.15) is 30.6 Å². The minimum atomic E-state index is -0.852. The molecule has 0 radical (unpaired) electrons. The zero-order valence-electron chi connectivity index (χ0n) is 11.6. The maximum atomic E-state index is 11.3. The number of hydrogen-bond donors (Lipinski definition) is 2. The van der Waals surface area contributed by atoms with Crippen LogP contribution in [0.4, 0.5) is 5.69 Å². The molecule has 2 rings (SSSR count). The second-order valence-electron chi connectivity index (χ2n) is 5.55. The van der Waals surface area contributed by atoms with Crippen LogP contribution in [0.5, 0.6) is 0 Å². The Balaban J connectivity index is 2.15. The van der Waals surface area contributed by atoms with Gasteiger partial charge in [-0.25, -0.2) is 4.79 Å². The number of para-hydroxylation sites is 1. The molecule has 4 nitrogen and oxygen atoms in total. The quantitative estimate of drug-likeness (QED) is 0.873. The smallest absolute Gasteiger partial charge is 0.337 e. The molecule has 104 valence electrons. The summed E-state index contributed by atoms with van der Waals surface area (Å²) in [5.74, 6) is -0.207. The highest BCUT2D eigenvalue weighted by Gasteiger charge is 2.23. The number of hydrogen-bond acceptors (Lipinski definition) is 3. The van der Waals surface area contributed by atoms with Crippen molar-refractivity contribution in [3.63, 3.8) is 0 Å². The summed E-state index contributed by atoms with van der Waals surface area (Å²) in [6.07, 6.45) is 1.12. The Morgan fingerprint density at radius 2 is 2.21 bits per heavy atom. The van der Waals surface area contributed by atoms with Crippen LogP contribution in [0.2, 0.25) is 0 Å².